The fraction of sp³-hybridized carbons (Fsp3) is 0.424. The Morgan fingerprint density at radius 2 is 1.74 bits per heavy atom. The van der Waals surface area contributed by atoms with Crippen molar-refractivity contribution in [2.45, 2.75) is 50.7 Å². The van der Waals surface area contributed by atoms with Crippen LogP contribution in [0.4, 0.5) is 10.1 Å². The smallest absolute Gasteiger partial charge is 0.796 e. The van der Waals surface area contributed by atoms with E-state index >= 15 is 0 Å². The summed E-state index contributed by atoms with van der Waals surface area (Å²) in [6, 6.07) is 17.9. The summed E-state index contributed by atoms with van der Waals surface area (Å²) in [4.78, 5) is 27.8. The van der Waals surface area contributed by atoms with Crippen molar-refractivity contribution in [1.29, 1.82) is 0 Å². The molecule has 1 heterocycles. The second kappa shape index (κ2) is 14.3. The molecule has 0 radical (unpaired) electrons. The van der Waals surface area contributed by atoms with Crippen LogP contribution in [0.1, 0.15) is 49.7 Å². The minimum atomic E-state index is -3.56. The number of hydrogen-bond acceptors (Lipinski definition) is 7. The van der Waals surface area contributed by atoms with Crippen LogP contribution < -0.4 is 49.4 Å². The Morgan fingerprint density at radius 1 is 1.09 bits per heavy atom. The normalized spacial score (nSPS) is 17.8. The molecule has 224 valence electrons. The van der Waals surface area contributed by atoms with Gasteiger partial charge in [-0.15, -0.1) is 0 Å². The van der Waals surface area contributed by atoms with Gasteiger partial charge in [0.1, 0.15) is 17.2 Å². The summed E-state index contributed by atoms with van der Waals surface area (Å²) in [5, 5.41) is 0.300. The number of benzene rings is 3. The fourth-order valence-electron chi connectivity index (χ4n) is 5.94. The van der Waals surface area contributed by atoms with Crippen LogP contribution in [-0.4, -0.2) is 56.9 Å². The molecule has 5 rings (SSSR count). The summed E-state index contributed by atoms with van der Waals surface area (Å²) in [5.74, 6) is 1.11. The number of likely N-dealkylation sites (N-methyl/N-ethyl adjacent to an activating group) is 1. The Hall–Kier alpha value is -2.19. The minimum Gasteiger partial charge on any atom is -0.796 e. The summed E-state index contributed by atoms with van der Waals surface area (Å²) in [7, 11) is -1.64. The average Bonchev–Trinajstić information content (AvgIpc) is 3.81. The standard InChI is InChI=1S/C33H40FN2O5P.Na/c1-4-40-32-20-31(25-7-9-27(34)10-8-25)30(24-5-6-24)19-26(32)21-36-17-15-33(16-18-36,41-23-37)22-35(2)28-11-13-29(14-12-28)42(3,38)39;/h7-14,19-20,23-24H,4-6,15-18,21-22H2,1-3H3,(H,38,39);/q;+1/p-1. The molecule has 1 aliphatic carbocycles. The Kier molecular flexibility index (Phi) is 11.2. The molecule has 1 saturated heterocycles. The van der Waals surface area contributed by atoms with E-state index in [0.717, 1.165) is 60.6 Å². The molecular weight excluding hydrogens is 577 g/mol. The first kappa shape index (κ1) is 33.7. The molecule has 1 atom stereocenters. The minimum absolute atomic E-state index is 0. The molecule has 2 fully saturated rings. The van der Waals surface area contributed by atoms with Gasteiger partial charge in [-0.2, -0.15) is 0 Å². The van der Waals surface area contributed by atoms with Gasteiger partial charge in [0, 0.05) is 58.1 Å². The predicted molar refractivity (Wildman–Crippen MR) is 162 cm³/mol. The predicted octanol–water partition coefficient (Wildman–Crippen LogP) is 2.31. The van der Waals surface area contributed by atoms with Crippen molar-refractivity contribution < 1.29 is 57.7 Å². The fourth-order valence-corrected chi connectivity index (χ4v) is 6.64. The van der Waals surface area contributed by atoms with Gasteiger partial charge in [0.15, 0.2) is 0 Å². The van der Waals surface area contributed by atoms with Gasteiger partial charge in [0.2, 0.25) is 0 Å². The number of piperidine rings is 1. The van der Waals surface area contributed by atoms with Gasteiger partial charge in [-0.05, 0) is 90.7 Å². The molecule has 1 saturated carbocycles. The molecule has 3 aromatic carbocycles. The van der Waals surface area contributed by atoms with Crippen LogP contribution in [0.25, 0.3) is 11.1 Å². The van der Waals surface area contributed by atoms with Crippen LogP contribution in [0.2, 0.25) is 0 Å². The molecule has 7 nitrogen and oxygen atoms in total. The van der Waals surface area contributed by atoms with Gasteiger partial charge in [0.05, 0.1) is 13.2 Å². The maximum absolute atomic E-state index is 13.6. The van der Waals surface area contributed by atoms with Gasteiger partial charge in [-0.25, -0.2) is 4.39 Å². The number of likely N-dealkylation sites (tertiary alicyclic amines) is 1. The second-order valence-electron chi connectivity index (χ2n) is 11.7. The molecule has 0 spiro atoms. The van der Waals surface area contributed by atoms with Crippen molar-refractivity contribution >= 4 is 24.8 Å². The zero-order valence-electron chi connectivity index (χ0n) is 25.6. The second-order valence-corrected chi connectivity index (χ2v) is 13.9. The molecule has 1 aliphatic heterocycles. The molecule has 0 bridgehead atoms. The van der Waals surface area contributed by atoms with Crippen molar-refractivity contribution in [2.24, 2.45) is 0 Å². The first-order valence-electron chi connectivity index (χ1n) is 14.6. The van der Waals surface area contributed by atoms with Crippen LogP contribution in [-0.2, 0) is 20.6 Å². The summed E-state index contributed by atoms with van der Waals surface area (Å²) >= 11 is 0. The number of ether oxygens (including phenoxy) is 2. The topological polar surface area (TPSA) is 82.1 Å². The molecule has 0 N–H and O–H groups in total. The number of anilines is 1. The molecule has 3 aromatic rings. The van der Waals surface area contributed by atoms with Gasteiger partial charge in [-0.3, -0.25) is 9.69 Å². The molecule has 0 aromatic heterocycles. The Balaban J connectivity index is 0.00000423. The van der Waals surface area contributed by atoms with Crippen molar-refractivity contribution in [3.05, 3.63) is 77.6 Å². The SMILES string of the molecule is CCOc1cc(-c2ccc(F)cc2)c(C2CC2)cc1CN1CCC(CN(C)c2ccc(P(C)(=O)[O-])cc2)(OC=O)CC1.[Na+]. The van der Waals surface area contributed by atoms with Crippen LogP contribution >= 0.6 is 7.37 Å². The van der Waals surface area contributed by atoms with Crippen LogP contribution in [0.15, 0.2) is 60.7 Å². The van der Waals surface area contributed by atoms with Gasteiger partial charge in [-0.1, -0.05) is 24.3 Å². The summed E-state index contributed by atoms with van der Waals surface area (Å²) in [6.07, 6.45) is 3.65. The first-order chi connectivity index (χ1) is 20.1. The van der Waals surface area contributed by atoms with E-state index in [1.165, 1.54) is 24.4 Å². The Labute approximate surface area is 276 Å². The number of halogens is 1. The van der Waals surface area contributed by atoms with Crippen molar-refractivity contribution in [2.75, 3.05) is 44.9 Å². The molecular formula is C33H39FN2NaO5P. The Morgan fingerprint density at radius 3 is 2.30 bits per heavy atom. The maximum atomic E-state index is 13.6. The molecule has 10 heteroatoms. The van der Waals surface area contributed by atoms with E-state index in [1.807, 2.05) is 31.0 Å². The molecule has 2 aliphatic rings. The van der Waals surface area contributed by atoms with E-state index in [4.69, 9.17) is 9.47 Å². The quantitative estimate of drug-likeness (QED) is 0.176. The van der Waals surface area contributed by atoms with Gasteiger partial charge < -0.3 is 23.8 Å². The van der Waals surface area contributed by atoms with Crippen molar-refractivity contribution in [1.82, 2.24) is 4.90 Å². The van der Waals surface area contributed by atoms with Crippen molar-refractivity contribution in [3.8, 4) is 16.9 Å². The monoisotopic (exact) mass is 616 g/mol. The zero-order valence-corrected chi connectivity index (χ0v) is 28.4. The van der Waals surface area contributed by atoms with Crippen molar-refractivity contribution in [3.63, 3.8) is 0 Å². The van der Waals surface area contributed by atoms with E-state index in [0.29, 0.717) is 43.7 Å². The van der Waals surface area contributed by atoms with Crippen LogP contribution in [0.5, 0.6) is 5.75 Å². The van der Waals surface area contributed by atoms with E-state index in [1.54, 1.807) is 24.3 Å². The van der Waals surface area contributed by atoms with Crippen LogP contribution in [0.3, 0.4) is 0 Å². The van der Waals surface area contributed by atoms with E-state index in [2.05, 4.69) is 17.0 Å². The Bertz CT molecular complexity index is 1430. The van der Waals surface area contributed by atoms with Gasteiger partial charge in [0.25, 0.3) is 6.47 Å². The number of nitrogens with zero attached hydrogens (tertiary/aromatic N) is 2. The molecule has 43 heavy (non-hydrogen) atoms. The zero-order chi connectivity index (χ0) is 29.9. The number of rotatable bonds is 12. The van der Waals surface area contributed by atoms with Crippen LogP contribution in [0, 0.1) is 5.82 Å². The maximum Gasteiger partial charge on any atom is 1.00 e. The van der Waals surface area contributed by atoms with E-state index < -0.39 is 13.0 Å². The van der Waals surface area contributed by atoms with Gasteiger partial charge >= 0.3 is 29.6 Å². The third-order valence-electron chi connectivity index (χ3n) is 8.45. The first-order valence-corrected chi connectivity index (χ1v) is 16.7. The summed E-state index contributed by atoms with van der Waals surface area (Å²) in [5.41, 5.74) is 4.75. The number of carbonyl (C=O) groups is 1. The third-order valence-corrected chi connectivity index (χ3v) is 9.69. The van der Waals surface area contributed by atoms with E-state index in [-0.39, 0.29) is 35.4 Å². The van der Waals surface area contributed by atoms with E-state index in [9.17, 15) is 18.6 Å². The average molecular weight is 617 g/mol. The largest absolute Gasteiger partial charge is 1.00 e. The summed E-state index contributed by atoms with van der Waals surface area (Å²) < 4.78 is 37.3. The summed E-state index contributed by atoms with van der Waals surface area (Å²) in [6.45, 7) is 7.01. The molecule has 1 unspecified atom stereocenters. The molecule has 0 amide bonds. The third kappa shape index (κ3) is 8.30. The number of carbonyl (C=O) groups excluding carboxylic acids is 1. The number of hydrogen-bond donors (Lipinski definition) is 0.